The molecule has 0 bridgehead atoms. The lowest BCUT2D eigenvalue weighted by atomic mass is 9.34. The van der Waals surface area contributed by atoms with Crippen molar-refractivity contribution >= 4 is 40.2 Å². The van der Waals surface area contributed by atoms with Gasteiger partial charge in [0.15, 0.2) is 0 Å². The first-order valence-corrected chi connectivity index (χ1v) is 18.2. The van der Waals surface area contributed by atoms with E-state index in [1.54, 1.807) is 0 Å². The first-order chi connectivity index (χ1) is 24.4. The molecule has 4 nitrogen and oxygen atoms in total. The molecule has 6 aromatic rings. The maximum atomic E-state index is 6.82. The van der Waals surface area contributed by atoms with Crippen LogP contribution in [-0.2, 0) is 16.2 Å². The Morgan fingerprint density at radius 3 is 2.00 bits per heavy atom. The zero-order valence-corrected chi connectivity index (χ0v) is 30.4. The van der Waals surface area contributed by atoms with Gasteiger partial charge in [0.1, 0.15) is 17.2 Å². The largest absolute Gasteiger partial charge is 0.458 e. The number of para-hydroxylation sites is 2. The van der Waals surface area contributed by atoms with Crippen molar-refractivity contribution in [1.29, 1.82) is 0 Å². The number of fused-ring (bicyclic) bond motifs is 8. The molecule has 0 amide bonds. The van der Waals surface area contributed by atoms with Gasteiger partial charge in [-0.25, -0.2) is 4.98 Å². The molecule has 0 radical (unpaired) electrons. The van der Waals surface area contributed by atoms with Crippen molar-refractivity contribution in [2.75, 3.05) is 4.90 Å². The van der Waals surface area contributed by atoms with E-state index < -0.39 is 0 Å². The van der Waals surface area contributed by atoms with Crippen LogP contribution in [0.4, 0.5) is 17.1 Å². The summed E-state index contributed by atoms with van der Waals surface area (Å²) in [5.74, 6) is 3.36. The van der Waals surface area contributed by atoms with Crippen LogP contribution in [0.1, 0.15) is 75.8 Å². The summed E-state index contributed by atoms with van der Waals surface area (Å²) in [6.07, 6.45) is 2.92. The second kappa shape index (κ2) is 10.2. The second-order valence-electron chi connectivity index (χ2n) is 16.7. The molecule has 3 heterocycles. The van der Waals surface area contributed by atoms with Crippen LogP contribution >= 0.6 is 0 Å². The maximum absolute atomic E-state index is 6.82. The van der Waals surface area contributed by atoms with Crippen LogP contribution in [0.5, 0.6) is 23.1 Å². The zero-order valence-electron chi connectivity index (χ0n) is 30.4. The molecule has 0 atom stereocenters. The van der Waals surface area contributed by atoms with Gasteiger partial charge in [0.2, 0.25) is 5.88 Å². The number of nitrogens with zero attached hydrogens (tertiary/aromatic N) is 2. The number of rotatable bonds is 3. The van der Waals surface area contributed by atoms with Gasteiger partial charge < -0.3 is 14.4 Å². The number of hydrogen-bond acceptors (Lipinski definition) is 4. The van der Waals surface area contributed by atoms with E-state index in [0.29, 0.717) is 5.88 Å². The van der Waals surface area contributed by atoms with Crippen molar-refractivity contribution in [3.05, 3.63) is 137 Å². The van der Waals surface area contributed by atoms with Crippen molar-refractivity contribution in [3.63, 3.8) is 0 Å². The third kappa shape index (κ3) is 4.18. The smallest absolute Gasteiger partial charge is 0.262 e. The third-order valence-corrected chi connectivity index (χ3v) is 12.2. The Hall–Kier alpha value is -5.29. The van der Waals surface area contributed by atoms with Crippen LogP contribution in [0.15, 0.2) is 109 Å². The summed E-state index contributed by atoms with van der Waals surface area (Å²) in [5, 5.41) is 0. The number of hydrogen-bond donors (Lipinski definition) is 0. The van der Waals surface area contributed by atoms with Crippen LogP contribution in [0.2, 0.25) is 0 Å². The van der Waals surface area contributed by atoms with E-state index in [-0.39, 0.29) is 23.0 Å². The van der Waals surface area contributed by atoms with E-state index in [1.165, 1.54) is 49.9 Å². The Labute approximate surface area is 301 Å². The Morgan fingerprint density at radius 2 is 1.29 bits per heavy atom. The van der Waals surface area contributed by atoms with E-state index in [2.05, 4.69) is 150 Å². The summed E-state index contributed by atoms with van der Waals surface area (Å²) in [4.78, 5) is 7.12. The quantitative estimate of drug-likeness (QED) is 0.176. The van der Waals surface area contributed by atoms with Crippen LogP contribution in [0.25, 0.3) is 11.1 Å². The average Bonchev–Trinajstić information content (AvgIpc) is 3.45. The number of anilines is 3. The predicted molar refractivity (Wildman–Crippen MR) is 210 cm³/mol. The second-order valence-corrected chi connectivity index (χ2v) is 16.7. The van der Waals surface area contributed by atoms with Crippen molar-refractivity contribution in [3.8, 4) is 34.3 Å². The fraction of sp³-hybridized carbons (Fsp3) is 0.239. The lowest BCUT2D eigenvalue weighted by Gasteiger charge is -2.35. The number of pyridine rings is 1. The molecule has 0 saturated carbocycles. The van der Waals surface area contributed by atoms with Gasteiger partial charge in [-0.15, -0.1) is 0 Å². The highest BCUT2D eigenvalue weighted by Gasteiger charge is 2.49. The molecule has 2 aliphatic heterocycles. The molecule has 5 heteroatoms. The van der Waals surface area contributed by atoms with E-state index in [0.717, 1.165) is 46.2 Å². The highest BCUT2D eigenvalue weighted by Crippen LogP contribution is 2.54. The third-order valence-electron chi connectivity index (χ3n) is 12.2. The Kier molecular flexibility index (Phi) is 6.08. The van der Waals surface area contributed by atoms with E-state index in [9.17, 15) is 0 Å². The molecule has 2 aliphatic carbocycles. The van der Waals surface area contributed by atoms with Crippen molar-refractivity contribution in [1.82, 2.24) is 4.98 Å². The summed E-state index contributed by atoms with van der Waals surface area (Å²) >= 11 is 0. The van der Waals surface area contributed by atoms with E-state index >= 15 is 0 Å². The minimum atomic E-state index is -0.235. The molecule has 250 valence electrons. The van der Waals surface area contributed by atoms with Crippen LogP contribution < -0.4 is 30.8 Å². The van der Waals surface area contributed by atoms with Crippen molar-refractivity contribution in [2.24, 2.45) is 0 Å². The maximum Gasteiger partial charge on any atom is 0.262 e. The molecule has 10 rings (SSSR count). The van der Waals surface area contributed by atoms with Crippen LogP contribution in [-0.4, -0.2) is 11.7 Å². The topological polar surface area (TPSA) is 34.6 Å². The summed E-state index contributed by atoms with van der Waals surface area (Å²) < 4.78 is 13.5. The molecule has 0 saturated heterocycles. The molecule has 0 N–H and O–H groups in total. The van der Waals surface area contributed by atoms with Gasteiger partial charge in [0.25, 0.3) is 6.71 Å². The Balaban J connectivity index is 1.15. The molecule has 4 aliphatic rings. The lowest BCUT2D eigenvalue weighted by Crippen LogP contribution is -2.58. The standard InChI is InChI=1S/C46H41BN2O2/c1-27-40-35(44(2,3)26-45(40,4)5)25-37-42(27)50-38-20-21-48-43-41(38)47(37)36-24-34-32(23-39(36)51-43)31-19-18-30(22-33(31)46(34,6)7)49(28-14-10-8-11-15-28)29-16-12-9-13-17-29/h8-25H,26H2,1-7H3. The van der Waals surface area contributed by atoms with Gasteiger partial charge in [0.05, 0.1) is 0 Å². The average molecular weight is 665 g/mol. The number of benzene rings is 5. The SMILES string of the molecule is Cc1c2c(cc3c1C(C)(C)CC3(C)C)B1c3cc4c(cc3Oc3nccc(c31)O2)-c1ccc(N(c2ccccc2)c2ccccc2)cc1C4(C)C. The first kappa shape index (κ1) is 30.5. The Morgan fingerprint density at radius 1 is 0.627 bits per heavy atom. The first-order valence-electron chi connectivity index (χ1n) is 18.2. The number of ether oxygens (including phenoxy) is 2. The van der Waals surface area contributed by atoms with Gasteiger partial charge in [-0.05, 0) is 123 Å². The van der Waals surface area contributed by atoms with Crippen LogP contribution in [0, 0.1) is 6.92 Å². The van der Waals surface area contributed by atoms with Gasteiger partial charge in [-0.3, -0.25) is 0 Å². The molecule has 0 unspecified atom stereocenters. The van der Waals surface area contributed by atoms with E-state index in [1.807, 2.05) is 12.3 Å². The normalized spacial score (nSPS) is 17.2. The monoisotopic (exact) mass is 664 g/mol. The predicted octanol–water partition coefficient (Wildman–Crippen LogP) is 9.85. The summed E-state index contributed by atoms with van der Waals surface area (Å²) in [5.41, 5.74) is 16.0. The van der Waals surface area contributed by atoms with Gasteiger partial charge in [-0.2, -0.15) is 0 Å². The molecular formula is C46H41BN2O2. The van der Waals surface area contributed by atoms with Crippen molar-refractivity contribution in [2.45, 2.75) is 71.1 Å². The highest BCUT2D eigenvalue weighted by atomic mass is 16.5. The summed E-state index contributed by atoms with van der Waals surface area (Å²) in [6, 6.07) is 37.4. The minimum absolute atomic E-state index is 0.0354. The molecular weight excluding hydrogens is 623 g/mol. The van der Waals surface area contributed by atoms with Gasteiger partial charge in [0, 0.05) is 34.1 Å². The summed E-state index contributed by atoms with van der Waals surface area (Å²) in [7, 11) is 0. The molecule has 51 heavy (non-hydrogen) atoms. The number of aromatic nitrogens is 1. The minimum Gasteiger partial charge on any atom is -0.458 e. The molecule has 0 spiro atoms. The highest BCUT2D eigenvalue weighted by molar-refractivity contribution is 6.98. The van der Waals surface area contributed by atoms with Gasteiger partial charge >= 0.3 is 0 Å². The molecule has 0 fully saturated rings. The zero-order chi connectivity index (χ0) is 35.0. The van der Waals surface area contributed by atoms with Gasteiger partial charge in [-0.1, -0.05) is 96.1 Å². The lowest BCUT2D eigenvalue weighted by molar-refractivity contribution is 0.401. The van der Waals surface area contributed by atoms with Crippen molar-refractivity contribution < 1.29 is 9.47 Å². The fourth-order valence-electron chi connectivity index (χ4n) is 10.3. The van der Waals surface area contributed by atoms with E-state index in [4.69, 9.17) is 14.5 Å². The van der Waals surface area contributed by atoms with Crippen LogP contribution in [0.3, 0.4) is 0 Å². The Bertz CT molecular complexity index is 2410. The molecule has 1 aromatic heterocycles. The fourth-order valence-corrected chi connectivity index (χ4v) is 10.3. The summed E-state index contributed by atoms with van der Waals surface area (Å²) in [6.45, 7) is 16.5. The molecule has 5 aromatic carbocycles.